The van der Waals surface area contributed by atoms with Crippen molar-refractivity contribution in [3.8, 4) is 0 Å². The van der Waals surface area contributed by atoms with Gasteiger partial charge in [0.15, 0.2) is 10.8 Å². The first-order valence-electron chi connectivity index (χ1n) is 17.9. The van der Waals surface area contributed by atoms with Crippen LogP contribution in [0.5, 0.6) is 0 Å². The molecule has 1 aliphatic rings. The number of hydrogen-bond acceptors (Lipinski definition) is 6. The Morgan fingerprint density at radius 3 is 1.96 bits per heavy atom. The zero-order valence-electron chi connectivity index (χ0n) is 30.9. The Bertz CT molecular complexity index is 1840. The summed E-state index contributed by atoms with van der Waals surface area (Å²) < 4.78 is 16.5. The van der Waals surface area contributed by atoms with E-state index < -0.39 is 8.32 Å². The molecule has 5 aromatic rings. The second-order valence-electron chi connectivity index (χ2n) is 15.5. The molecule has 264 valence electrons. The summed E-state index contributed by atoms with van der Waals surface area (Å²) in [6.07, 6.45) is 3.65. The Morgan fingerprint density at radius 2 is 1.44 bits per heavy atom. The van der Waals surface area contributed by atoms with Crippen LogP contribution in [-0.2, 0) is 9.16 Å². The summed E-state index contributed by atoms with van der Waals surface area (Å²) >= 11 is 8.44. The molecule has 50 heavy (non-hydrogen) atoms. The van der Waals surface area contributed by atoms with Crippen molar-refractivity contribution in [2.24, 2.45) is 0 Å². The van der Waals surface area contributed by atoms with E-state index in [9.17, 15) is 0 Å². The molecule has 3 atom stereocenters. The molecule has 1 saturated heterocycles. The monoisotopic (exact) mass is 726 g/mol. The SMILES string of the molecule is CC(C)c1cc(C(C)C)c(S[C@@H]2C[C@@H](CO[Si](c3ccccc3)(c3ccccc3)C(C)(C)C)O[C@H]2n2cnc3c(Cl)ncnc32)c(C(C)C)c1. The molecule has 0 spiro atoms. The average molecular weight is 727 g/mol. The van der Waals surface area contributed by atoms with E-state index in [1.54, 1.807) is 0 Å². The predicted octanol–water partition coefficient (Wildman–Crippen LogP) is 9.87. The lowest BCUT2D eigenvalue weighted by Crippen LogP contribution is -2.67. The number of benzene rings is 3. The fourth-order valence-corrected chi connectivity index (χ4v) is 13.9. The molecular weight excluding hydrogens is 676 g/mol. The van der Waals surface area contributed by atoms with Crippen LogP contribution in [0.3, 0.4) is 0 Å². The van der Waals surface area contributed by atoms with Gasteiger partial charge >= 0.3 is 0 Å². The molecule has 0 amide bonds. The molecule has 1 fully saturated rings. The topological polar surface area (TPSA) is 62.1 Å². The number of imidazole rings is 1. The summed E-state index contributed by atoms with van der Waals surface area (Å²) in [5, 5.41) is 2.82. The number of hydrogen-bond donors (Lipinski definition) is 0. The van der Waals surface area contributed by atoms with E-state index in [4.69, 9.17) is 20.8 Å². The van der Waals surface area contributed by atoms with E-state index >= 15 is 0 Å². The van der Waals surface area contributed by atoms with Crippen LogP contribution in [0.1, 0.15) is 109 Å². The summed E-state index contributed by atoms with van der Waals surface area (Å²) in [5.41, 5.74) is 5.45. The van der Waals surface area contributed by atoms with Crippen LogP contribution in [0, 0.1) is 0 Å². The van der Waals surface area contributed by atoms with Crippen LogP contribution in [0.15, 0.2) is 90.3 Å². The Kier molecular flexibility index (Phi) is 11.0. The van der Waals surface area contributed by atoms with Crippen LogP contribution in [-0.4, -0.2) is 45.8 Å². The molecule has 0 radical (unpaired) electrons. The van der Waals surface area contributed by atoms with Gasteiger partial charge in [0.05, 0.1) is 24.3 Å². The third-order valence-electron chi connectivity index (χ3n) is 9.98. The Balaban J connectivity index is 1.42. The largest absolute Gasteiger partial charge is 0.405 e. The molecule has 2 aromatic heterocycles. The van der Waals surface area contributed by atoms with Crippen LogP contribution < -0.4 is 10.4 Å². The first-order chi connectivity index (χ1) is 23.8. The molecule has 3 aromatic carbocycles. The number of thioether (sulfide) groups is 1. The van der Waals surface area contributed by atoms with Crippen molar-refractivity contribution in [2.45, 2.75) is 114 Å². The van der Waals surface area contributed by atoms with E-state index in [1.165, 1.54) is 38.3 Å². The van der Waals surface area contributed by atoms with Crippen molar-refractivity contribution in [2.75, 3.05) is 6.61 Å². The standard InChI is InChI=1S/C41H51ClN4O2SSi/c1-26(2)29-20-33(27(3)4)37(34(21-29)28(5)6)49-35-22-30(48-40(35)46-25-45-36-38(42)43-24-44-39(36)46)23-47-50(41(7,8)9,31-16-12-10-13-17-31)32-18-14-11-15-19-32/h10-21,24-28,30,35,40H,22-23H2,1-9H3/t30-,35+,40+/m0/s1. The van der Waals surface area contributed by atoms with Crippen molar-refractivity contribution < 1.29 is 9.16 Å². The quantitative estimate of drug-likeness (QED) is 0.0998. The predicted molar refractivity (Wildman–Crippen MR) is 211 cm³/mol. The van der Waals surface area contributed by atoms with Crippen molar-refractivity contribution in [3.63, 3.8) is 0 Å². The van der Waals surface area contributed by atoms with Crippen molar-refractivity contribution in [1.29, 1.82) is 0 Å². The van der Waals surface area contributed by atoms with Gasteiger partial charge < -0.3 is 9.16 Å². The Hall–Kier alpha value is -3.01. The number of fused-ring (bicyclic) bond motifs is 1. The van der Waals surface area contributed by atoms with Crippen LogP contribution in [0.4, 0.5) is 0 Å². The molecule has 0 bridgehead atoms. The molecule has 0 unspecified atom stereocenters. The molecule has 9 heteroatoms. The molecular formula is C41H51ClN4O2SSi. The summed E-state index contributed by atoms with van der Waals surface area (Å²) in [5.74, 6) is 1.21. The number of halogens is 1. The minimum atomic E-state index is -2.76. The van der Waals surface area contributed by atoms with E-state index in [0.29, 0.717) is 40.7 Å². The van der Waals surface area contributed by atoms with Gasteiger partial charge in [-0.15, -0.1) is 11.8 Å². The lowest BCUT2D eigenvalue weighted by Gasteiger charge is -2.43. The summed E-state index contributed by atoms with van der Waals surface area (Å²) in [7, 11) is -2.76. The van der Waals surface area contributed by atoms with Gasteiger partial charge in [-0.3, -0.25) is 4.57 Å². The first kappa shape index (κ1) is 36.8. The molecule has 0 N–H and O–H groups in total. The maximum absolute atomic E-state index is 7.42. The fourth-order valence-electron chi connectivity index (χ4n) is 7.34. The highest BCUT2D eigenvalue weighted by Crippen LogP contribution is 2.48. The van der Waals surface area contributed by atoms with E-state index in [0.717, 1.165) is 6.42 Å². The van der Waals surface area contributed by atoms with E-state index in [2.05, 4.69) is 155 Å². The zero-order valence-corrected chi connectivity index (χ0v) is 33.4. The summed E-state index contributed by atoms with van der Waals surface area (Å²) in [6, 6.07) is 26.5. The van der Waals surface area contributed by atoms with Crippen molar-refractivity contribution in [1.82, 2.24) is 19.5 Å². The normalized spacial score (nSPS) is 18.6. The minimum absolute atomic E-state index is 0.0776. The van der Waals surface area contributed by atoms with Gasteiger partial charge in [0.2, 0.25) is 0 Å². The highest BCUT2D eigenvalue weighted by Gasteiger charge is 2.51. The van der Waals surface area contributed by atoms with Gasteiger partial charge in [0.1, 0.15) is 18.1 Å². The summed E-state index contributed by atoms with van der Waals surface area (Å²) in [4.78, 5) is 14.8. The highest BCUT2D eigenvalue weighted by atomic mass is 35.5. The van der Waals surface area contributed by atoms with Gasteiger partial charge in [0, 0.05) is 4.90 Å². The maximum Gasteiger partial charge on any atom is 0.261 e. The zero-order chi connectivity index (χ0) is 35.8. The Morgan fingerprint density at radius 1 is 0.860 bits per heavy atom. The number of ether oxygens (including phenoxy) is 1. The minimum Gasteiger partial charge on any atom is -0.405 e. The molecule has 6 rings (SSSR count). The molecule has 3 heterocycles. The van der Waals surface area contributed by atoms with Crippen molar-refractivity contribution in [3.05, 3.63) is 107 Å². The van der Waals surface area contributed by atoms with Gasteiger partial charge in [-0.2, -0.15) is 0 Å². The van der Waals surface area contributed by atoms with Crippen LogP contribution in [0.2, 0.25) is 10.2 Å². The number of aromatic nitrogens is 4. The summed E-state index contributed by atoms with van der Waals surface area (Å²) in [6.45, 7) is 21.2. The van der Waals surface area contributed by atoms with Gasteiger partial charge in [-0.1, -0.05) is 147 Å². The van der Waals surface area contributed by atoms with Crippen LogP contribution in [0.25, 0.3) is 11.2 Å². The molecule has 6 nitrogen and oxygen atoms in total. The Labute approximate surface area is 308 Å². The third kappa shape index (κ3) is 7.07. The fraction of sp³-hybridized carbons (Fsp3) is 0.439. The van der Waals surface area contributed by atoms with Gasteiger partial charge in [-0.25, -0.2) is 15.0 Å². The number of nitrogens with zero attached hydrogens (tertiary/aromatic N) is 4. The molecule has 0 saturated carbocycles. The second kappa shape index (κ2) is 14.9. The van der Waals surface area contributed by atoms with Crippen LogP contribution >= 0.6 is 23.4 Å². The lowest BCUT2D eigenvalue weighted by atomic mass is 9.89. The van der Waals surface area contributed by atoms with E-state index in [1.807, 2.05) is 18.1 Å². The third-order valence-corrected chi connectivity index (χ3v) is 16.7. The molecule has 1 aliphatic heterocycles. The van der Waals surface area contributed by atoms with Crippen molar-refractivity contribution >= 4 is 53.2 Å². The van der Waals surface area contributed by atoms with Gasteiger partial charge in [0.25, 0.3) is 8.32 Å². The first-order valence-corrected chi connectivity index (χ1v) is 21.1. The van der Waals surface area contributed by atoms with E-state index in [-0.39, 0.29) is 22.6 Å². The lowest BCUT2D eigenvalue weighted by molar-refractivity contribution is -0.0164. The smallest absolute Gasteiger partial charge is 0.261 e. The highest BCUT2D eigenvalue weighted by molar-refractivity contribution is 8.00. The number of rotatable bonds is 11. The van der Waals surface area contributed by atoms with Gasteiger partial charge in [-0.05, 0) is 56.3 Å². The molecule has 0 aliphatic carbocycles. The average Bonchev–Trinajstić information content (AvgIpc) is 3.69. The second-order valence-corrected chi connectivity index (χ2v) is 21.4. The maximum atomic E-state index is 7.42.